The molecule has 0 bridgehead atoms. The Bertz CT molecular complexity index is 720. The van der Waals surface area contributed by atoms with Crippen LogP contribution in [-0.4, -0.2) is 59.1 Å². The number of fused-ring (bicyclic) bond motifs is 1. The minimum atomic E-state index is -0.833. The number of hydrogen-bond donors (Lipinski definition) is 2. The number of esters is 1. The van der Waals surface area contributed by atoms with Crippen LogP contribution in [0.1, 0.15) is 58.4 Å². The van der Waals surface area contributed by atoms with Gasteiger partial charge < -0.3 is 14.7 Å². The Balaban J connectivity index is 0.000000785. The van der Waals surface area contributed by atoms with E-state index in [0.717, 1.165) is 32.7 Å². The molecule has 1 amide bonds. The molecule has 7 heteroatoms. The quantitative estimate of drug-likeness (QED) is 0.613. The molecule has 2 aliphatic rings. The summed E-state index contributed by atoms with van der Waals surface area (Å²) in [6.07, 6.45) is 6.11. The van der Waals surface area contributed by atoms with Gasteiger partial charge in [-0.3, -0.25) is 19.7 Å². The van der Waals surface area contributed by atoms with Gasteiger partial charge in [0.25, 0.3) is 5.97 Å². The number of aliphatic carboxylic acids is 1. The first-order valence-electron chi connectivity index (χ1n) is 11.3. The number of ether oxygens (including phenoxy) is 1. The number of hydrogen-bond acceptors (Lipinski definition) is 5. The number of aryl methyl sites for hydroxylation is 1. The topological polar surface area (TPSA) is 95.9 Å². The molecule has 172 valence electrons. The number of carbonyl (C=O) groups is 3. The van der Waals surface area contributed by atoms with Crippen LogP contribution in [0.2, 0.25) is 0 Å². The van der Waals surface area contributed by atoms with Crippen molar-refractivity contribution in [2.75, 3.05) is 13.2 Å². The van der Waals surface area contributed by atoms with E-state index in [9.17, 15) is 9.59 Å². The maximum atomic E-state index is 13.0. The number of likely N-dealkylation sites (tertiary alicyclic amines) is 1. The van der Waals surface area contributed by atoms with Crippen molar-refractivity contribution in [3.05, 3.63) is 35.9 Å². The summed E-state index contributed by atoms with van der Waals surface area (Å²) in [7, 11) is 0. The highest BCUT2D eigenvalue weighted by Crippen LogP contribution is 2.37. The summed E-state index contributed by atoms with van der Waals surface area (Å²) >= 11 is 0. The minimum absolute atomic E-state index is 0.124. The molecule has 1 aromatic rings. The van der Waals surface area contributed by atoms with Gasteiger partial charge in [0.05, 0.1) is 12.6 Å². The number of nitrogens with zero attached hydrogens (tertiary/aromatic N) is 1. The monoisotopic (exact) mass is 432 g/mol. The molecular formula is C24H36N2O5. The van der Waals surface area contributed by atoms with Crippen LogP contribution in [-0.2, 0) is 25.5 Å². The molecule has 0 spiro atoms. The SMILES string of the molecule is CC(=O)O.CCOC(=O)[C@H](CCc1ccccc1)N[C@@H](C)C(=O)N1CC[C@@H]2CCC[C@@H]21. The van der Waals surface area contributed by atoms with Crippen LogP contribution in [0.4, 0.5) is 0 Å². The highest BCUT2D eigenvalue weighted by Gasteiger charge is 2.41. The van der Waals surface area contributed by atoms with Crippen LogP contribution in [0.25, 0.3) is 0 Å². The fourth-order valence-corrected chi connectivity index (χ4v) is 4.60. The summed E-state index contributed by atoms with van der Waals surface area (Å²) in [5.74, 6) is -0.299. The molecule has 0 unspecified atom stereocenters. The van der Waals surface area contributed by atoms with Gasteiger partial charge in [0.2, 0.25) is 5.91 Å². The highest BCUT2D eigenvalue weighted by molar-refractivity contribution is 5.83. The molecule has 1 saturated carbocycles. The molecule has 31 heavy (non-hydrogen) atoms. The first-order chi connectivity index (χ1) is 14.8. The lowest BCUT2D eigenvalue weighted by Gasteiger charge is -2.29. The van der Waals surface area contributed by atoms with Gasteiger partial charge in [0.1, 0.15) is 6.04 Å². The number of carbonyl (C=O) groups excluding carboxylic acids is 2. The van der Waals surface area contributed by atoms with Crippen molar-refractivity contribution >= 4 is 17.8 Å². The Kier molecular flexibility index (Phi) is 9.98. The van der Waals surface area contributed by atoms with E-state index in [4.69, 9.17) is 14.6 Å². The average Bonchev–Trinajstić information content (AvgIpc) is 3.35. The number of carboxylic acids is 1. The standard InChI is InChI=1S/C22H32N2O3.C2H4O2/c1-3-27-22(26)19(13-12-17-8-5-4-6-9-17)23-16(2)21(25)24-15-14-18-10-7-11-20(18)24;1-2(3)4/h4-6,8-9,16,18-20,23H,3,7,10-15H2,1-2H3;1H3,(H,3,4)/t16-,18-,19-,20-;/m0./s1. The summed E-state index contributed by atoms with van der Waals surface area (Å²) in [5.41, 5.74) is 1.18. The molecule has 1 aliphatic carbocycles. The summed E-state index contributed by atoms with van der Waals surface area (Å²) < 4.78 is 5.24. The number of benzene rings is 1. The van der Waals surface area contributed by atoms with Crippen molar-refractivity contribution in [2.24, 2.45) is 5.92 Å². The molecular weight excluding hydrogens is 396 g/mol. The van der Waals surface area contributed by atoms with E-state index in [0.29, 0.717) is 25.0 Å². The van der Waals surface area contributed by atoms with Gasteiger partial charge in [-0.25, -0.2) is 0 Å². The lowest BCUT2D eigenvalue weighted by molar-refractivity contribution is -0.146. The Hall–Kier alpha value is -2.41. The first kappa shape index (κ1) is 24.9. The summed E-state index contributed by atoms with van der Waals surface area (Å²) in [5, 5.41) is 10.7. The van der Waals surface area contributed by atoms with E-state index in [1.54, 1.807) is 0 Å². The predicted molar refractivity (Wildman–Crippen MR) is 119 cm³/mol. The lowest BCUT2D eigenvalue weighted by Crippen LogP contribution is -2.52. The molecule has 4 atom stereocenters. The van der Waals surface area contributed by atoms with E-state index >= 15 is 0 Å². The number of rotatable bonds is 8. The maximum Gasteiger partial charge on any atom is 0.323 e. The van der Waals surface area contributed by atoms with Crippen LogP contribution >= 0.6 is 0 Å². The van der Waals surface area contributed by atoms with Crippen molar-refractivity contribution in [2.45, 2.75) is 77.4 Å². The van der Waals surface area contributed by atoms with E-state index in [1.807, 2.05) is 32.0 Å². The third kappa shape index (κ3) is 7.65. The van der Waals surface area contributed by atoms with Crippen molar-refractivity contribution in [1.29, 1.82) is 0 Å². The summed E-state index contributed by atoms with van der Waals surface area (Å²) in [6.45, 7) is 5.97. The smallest absolute Gasteiger partial charge is 0.323 e. The minimum Gasteiger partial charge on any atom is -0.481 e. The Labute approximate surface area is 185 Å². The zero-order chi connectivity index (χ0) is 22.8. The molecule has 2 fully saturated rings. The van der Waals surface area contributed by atoms with E-state index in [2.05, 4.69) is 22.3 Å². The zero-order valence-electron chi connectivity index (χ0n) is 18.9. The first-order valence-corrected chi connectivity index (χ1v) is 11.3. The van der Waals surface area contributed by atoms with Crippen LogP contribution in [0.15, 0.2) is 30.3 Å². The van der Waals surface area contributed by atoms with Gasteiger partial charge in [-0.15, -0.1) is 0 Å². The Morgan fingerprint density at radius 3 is 2.52 bits per heavy atom. The average molecular weight is 433 g/mol. The molecule has 1 aromatic carbocycles. The third-order valence-corrected chi connectivity index (χ3v) is 6.00. The van der Waals surface area contributed by atoms with Gasteiger partial charge in [0, 0.05) is 19.5 Å². The molecule has 1 heterocycles. The van der Waals surface area contributed by atoms with Crippen molar-refractivity contribution in [3.8, 4) is 0 Å². The molecule has 7 nitrogen and oxygen atoms in total. The largest absolute Gasteiger partial charge is 0.481 e. The highest BCUT2D eigenvalue weighted by atomic mass is 16.5. The van der Waals surface area contributed by atoms with Crippen molar-refractivity contribution in [1.82, 2.24) is 10.2 Å². The zero-order valence-corrected chi connectivity index (χ0v) is 18.9. The van der Waals surface area contributed by atoms with Gasteiger partial charge >= 0.3 is 5.97 Å². The van der Waals surface area contributed by atoms with Gasteiger partial charge in [-0.1, -0.05) is 36.8 Å². The van der Waals surface area contributed by atoms with Gasteiger partial charge in [-0.2, -0.15) is 0 Å². The number of amides is 1. The molecule has 0 radical (unpaired) electrons. The second-order valence-corrected chi connectivity index (χ2v) is 8.31. The summed E-state index contributed by atoms with van der Waals surface area (Å²) in [6, 6.07) is 9.66. The molecule has 2 N–H and O–H groups in total. The Morgan fingerprint density at radius 1 is 1.19 bits per heavy atom. The molecule has 0 aromatic heterocycles. The lowest BCUT2D eigenvalue weighted by atomic mass is 10.0. The van der Waals surface area contributed by atoms with Crippen molar-refractivity contribution in [3.63, 3.8) is 0 Å². The fourth-order valence-electron chi connectivity index (χ4n) is 4.60. The third-order valence-electron chi connectivity index (χ3n) is 6.00. The van der Waals surface area contributed by atoms with E-state index in [-0.39, 0.29) is 17.9 Å². The van der Waals surface area contributed by atoms with Gasteiger partial charge in [-0.05, 0) is 57.4 Å². The van der Waals surface area contributed by atoms with Crippen LogP contribution in [0.5, 0.6) is 0 Å². The Morgan fingerprint density at radius 2 is 1.87 bits per heavy atom. The molecule has 1 saturated heterocycles. The van der Waals surface area contributed by atoms with Crippen LogP contribution < -0.4 is 5.32 Å². The van der Waals surface area contributed by atoms with E-state index < -0.39 is 12.0 Å². The van der Waals surface area contributed by atoms with Crippen molar-refractivity contribution < 1.29 is 24.2 Å². The van der Waals surface area contributed by atoms with Crippen LogP contribution in [0.3, 0.4) is 0 Å². The molecule has 3 rings (SSSR count). The number of nitrogens with one attached hydrogen (secondary N) is 1. The molecule has 1 aliphatic heterocycles. The number of carboxylic acid groups (broad SMARTS) is 1. The fraction of sp³-hybridized carbons (Fsp3) is 0.625. The van der Waals surface area contributed by atoms with E-state index in [1.165, 1.54) is 18.4 Å². The van der Waals surface area contributed by atoms with Gasteiger partial charge in [0.15, 0.2) is 0 Å². The second kappa shape index (κ2) is 12.4. The van der Waals surface area contributed by atoms with Crippen LogP contribution in [0, 0.1) is 5.92 Å². The normalized spacial score (nSPS) is 21.5. The summed E-state index contributed by atoms with van der Waals surface area (Å²) in [4.78, 5) is 36.5. The maximum absolute atomic E-state index is 13.0. The predicted octanol–water partition coefficient (Wildman–Crippen LogP) is 3.02. The second-order valence-electron chi connectivity index (χ2n) is 8.31.